The topological polar surface area (TPSA) is 77.4 Å². The molecule has 0 unspecified atom stereocenters. The minimum atomic E-state index is -0.478. The largest absolute Gasteiger partial charge is 0.383 e. The molecule has 1 N–H and O–H groups in total. The van der Waals surface area contributed by atoms with Crippen LogP contribution in [-0.4, -0.2) is 53.9 Å². The first-order valence-corrected chi connectivity index (χ1v) is 8.13. The Morgan fingerprint density at radius 3 is 2.52 bits per heavy atom. The highest BCUT2D eigenvalue weighted by molar-refractivity contribution is 6.30. The van der Waals surface area contributed by atoms with Crippen molar-refractivity contribution < 1.29 is 9.59 Å². The first-order valence-electron chi connectivity index (χ1n) is 8.13. The average Bonchev–Trinajstić information content (AvgIpc) is 2.58. The number of amidine groups is 1. The summed E-state index contributed by atoms with van der Waals surface area (Å²) in [6, 6.07) is 9.14. The predicted molar refractivity (Wildman–Crippen MR) is 98.4 cm³/mol. The lowest BCUT2D eigenvalue weighted by Gasteiger charge is -2.29. The van der Waals surface area contributed by atoms with Crippen LogP contribution in [0.3, 0.4) is 0 Å². The van der Waals surface area contributed by atoms with Crippen molar-refractivity contribution in [3.63, 3.8) is 0 Å². The van der Waals surface area contributed by atoms with Gasteiger partial charge in [0.15, 0.2) is 5.84 Å². The second-order valence-electron chi connectivity index (χ2n) is 5.89. The molecule has 0 aliphatic carbocycles. The molecule has 0 bridgehead atoms. The maximum atomic E-state index is 12.2. The molecule has 0 aromatic heterocycles. The van der Waals surface area contributed by atoms with Crippen molar-refractivity contribution in [3.8, 4) is 0 Å². The van der Waals surface area contributed by atoms with Crippen LogP contribution in [0.4, 0.5) is 4.79 Å². The van der Waals surface area contributed by atoms with E-state index in [1.54, 1.807) is 25.2 Å². The van der Waals surface area contributed by atoms with Gasteiger partial charge >= 0.3 is 6.03 Å². The van der Waals surface area contributed by atoms with E-state index >= 15 is 0 Å². The first-order chi connectivity index (χ1) is 11.9. The Hall–Kier alpha value is -2.96. The van der Waals surface area contributed by atoms with Crippen LogP contribution in [0.5, 0.6) is 0 Å². The van der Waals surface area contributed by atoms with Crippen LogP contribution >= 0.6 is 0 Å². The summed E-state index contributed by atoms with van der Waals surface area (Å²) in [5, 5.41) is 10.8. The number of benzene rings is 1. The van der Waals surface area contributed by atoms with Gasteiger partial charge in [-0.15, -0.1) is 5.10 Å². The second kappa shape index (κ2) is 8.23. The Bertz CT molecular complexity index is 735. The zero-order valence-corrected chi connectivity index (χ0v) is 15.0. The van der Waals surface area contributed by atoms with Gasteiger partial charge in [-0.2, -0.15) is 5.10 Å². The first kappa shape index (κ1) is 18.4. The molecule has 25 heavy (non-hydrogen) atoms. The Morgan fingerprint density at radius 2 is 1.92 bits per heavy atom. The maximum absolute atomic E-state index is 12.2. The fourth-order valence-corrected chi connectivity index (χ4v) is 2.35. The normalized spacial score (nSPS) is 18.7. The highest BCUT2D eigenvalue weighted by atomic mass is 16.2. The quantitative estimate of drug-likeness (QED) is 0.507. The van der Waals surface area contributed by atoms with E-state index in [0.29, 0.717) is 17.8 Å². The fourth-order valence-electron chi connectivity index (χ4n) is 2.35. The van der Waals surface area contributed by atoms with Gasteiger partial charge in [0, 0.05) is 26.8 Å². The van der Waals surface area contributed by atoms with Crippen LogP contribution in [0, 0.1) is 0 Å². The van der Waals surface area contributed by atoms with Crippen LogP contribution < -0.4 is 5.32 Å². The van der Waals surface area contributed by atoms with Crippen molar-refractivity contribution in [1.82, 2.24) is 15.1 Å². The number of nitrogens with zero attached hydrogens (tertiary/aromatic N) is 4. The number of amides is 3. The summed E-state index contributed by atoms with van der Waals surface area (Å²) in [5.41, 5.74) is 1.94. The molecule has 2 rings (SSSR count). The molecule has 132 valence electrons. The van der Waals surface area contributed by atoms with Gasteiger partial charge in [-0.25, -0.2) is 4.79 Å². The molecule has 3 amide bonds. The Morgan fingerprint density at radius 1 is 1.24 bits per heavy atom. The zero-order valence-electron chi connectivity index (χ0n) is 15.0. The van der Waals surface area contributed by atoms with Crippen molar-refractivity contribution in [2.24, 2.45) is 10.2 Å². The van der Waals surface area contributed by atoms with E-state index in [1.807, 2.05) is 44.2 Å². The second-order valence-corrected chi connectivity index (χ2v) is 5.89. The predicted octanol–water partition coefficient (Wildman–Crippen LogP) is 2.22. The van der Waals surface area contributed by atoms with E-state index in [-0.39, 0.29) is 5.84 Å². The minimum Gasteiger partial charge on any atom is -0.383 e. The molecule has 1 aliphatic heterocycles. The van der Waals surface area contributed by atoms with Gasteiger partial charge < -0.3 is 4.90 Å². The van der Waals surface area contributed by atoms with Crippen LogP contribution in [0.2, 0.25) is 0 Å². The summed E-state index contributed by atoms with van der Waals surface area (Å²) in [4.78, 5) is 27.6. The standard InChI is InChI=1S/C18H23N5O2/c1-5-11-23-16(15(12-22(3)4)17(24)19-18(23)25)21-20-13(2)14-9-7-6-8-10-14/h6-10,12H,5,11H2,1-4H3,(H,19,24,25). The van der Waals surface area contributed by atoms with Crippen molar-refractivity contribution >= 4 is 23.5 Å². The summed E-state index contributed by atoms with van der Waals surface area (Å²) in [6.45, 7) is 4.24. The van der Waals surface area contributed by atoms with Crippen molar-refractivity contribution in [1.29, 1.82) is 0 Å². The summed E-state index contributed by atoms with van der Waals surface area (Å²) in [6.07, 6.45) is 2.37. The van der Waals surface area contributed by atoms with E-state index in [9.17, 15) is 9.59 Å². The van der Waals surface area contributed by atoms with E-state index in [4.69, 9.17) is 0 Å². The lowest BCUT2D eigenvalue weighted by atomic mass is 10.1. The molecular weight excluding hydrogens is 318 g/mol. The SMILES string of the molecule is CCCN1C(=O)NC(=O)C(=CN(C)C)C1=NN=C(C)c1ccccc1. The highest BCUT2D eigenvalue weighted by Gasteiger charge is 2.34. The van der Waals surface area contributed by atoms with E-state index < -0.39 is 11.9 Å². The number of carbonyl (C=O) groups is 2. The Balaban J connectivity index is 2.47. The molecular formula is C18H23N5O2. The van der Waals surface area contributed by atoms with Gasteiger partial charge in [0.25, 0.3) is 5.91 Å². The van der Waals surface area contributed by atoms with Crippen LogP contribution in [0.1, 0.15) is 25.8 Å². The smallest absolute Gasteiger partial charge is 0.330 e. The summed E-state index contributed by atoms with van der Waals surface area (Å²) in [7, 11) is 3.61. The number of imide groups is 1. The molecule has 7 heteroatoms. The third-order valence-corrected chi connectivity index (χ3v) is 3.53. The lowest BCUT2D eigenvalue weighted by molar-refractivity contribution is -0.116. The van der Waals surface area contributed by atoms with Crippen LogP contribution in [0.15, 0.2) is 52.3 Å². The molecule has 1 fully saturated rings. The van der Waals surface area contributed by atoms with Gasteiger partial charge in [-0.3, -0.25) is 15.0 Å². The van der Waals surface area contributed by atoms with Crippen LogP contribution in [0.25, 0.3) is 0 Å². The molecule has 1 aliphatic rings. The molecule has 1 heterocycles. The van der Waals surface area contributed by atoms with E-state index in [0.717, 1.165) is 12.0 Å². The van der Waals surface area contributed by atoms with Crippen molar-refractivity contribution in [3.05, 3.63) is 47.7 Å². The van der Waals surface area contributed by atoms with Gasteiger partial charge in [0.1, 0.15) is 5.57 Å². The molecule has 1 aromatic carbocycles. The number of rotatable bonds is 5. The minimum absolute atomic E-state index is 0.264. The summed E-state index contributed by atoms with van der Waals surface area (Å²) in [5.74, 6) is -0.211. The van der Waals surface area contributed by atoms with Crippen molar-refractivity contribution in [2.75, 3.05) is 20.6 Å². The van der Waals surface area contributed by atoms with Crippen molar-refractivity contribution in [2.45, 2.75) is 20.3 Å². The van der Waals surface area contributed by atoms with Gasteiger partial charge in [0.05, 0.1) is 5.71 Å². The molecule has 0 atom stereocenters. The lowest BCUT2D eigenvalue weighted by Crippen LogP contribution is -2.54. The summed E-state index contributed by atoms with van der Waals surface area (Å²) < 4.78 is 0. The molecule has 0 radical (unpaired) electrons. The molecule has 0 saturated carbocycles. The Kier molecular flexibility index (Phi) is 6.05. The number of hydrogen-bond acceptors (Lipinski definition) is 5. The van der Waals surface area contributed by atoms with Gasteiger partial charge in [-0.05, 0) is 18.9 Å². The zero-order chi connectivity index (χ0) is 18.4. The maximum Gasteiger partial charge on any atom is 0.330 e. The number of nitrogens with one attached hydrogen (secondary N) is 1. The Labute approximate surface area is 147 Å². The number of hydrogen-bond donors (Lipinski definition) is 1. The molecule has 0 spiro atoms. The highest BCUT2D eigenvalue weighted by Crippen LogP contribution is 2.14. The van der Waals surface area contributed by atoms with Gasteiger partial charge in [0.2, 0.25) is 0 Å². The molecule has 7 nitrogen and oxygen atoms in total. The average molecular weight is 341 g/mol. The van der Waals surface area contributed by atoms with E-state index in [1.165, 1.54) is 4.90 Å². The van der Waals surface area contributed by atoms with E-state index in [2.05, 4.69) is 15.5 Å². The fraction of sp³-hybridized carbons (Fsp3) is 0.333. The summed E-state index contributed by atoms with van der Waals surface area (Å²) >= 11 is 0. The molecule has 1 aromatic rings. The molecule has 1 saturated heterocycles. The monoisotopic (exact) mass is 341 g/mol. The third kappa shape index (κ3) is 4.53. The number of urea groups is 1. The number of carbonyl (C=O) groups excluding carboxylic acids is 2. The van der Waals surface area contributed by atoms with Gasteiger partial charge in [-0.1, -0.05) is 37.3 Å². The van der Waals surface area contributed by atoms with Crippen LogP contribution in [-0.2, 0) is 4.79 Å². The third-order valence-electron chi connectivity index (χ3n) is 3.53.